The lowest BCUT2D eigenvalue weighted by molar-refractivity contribution is 0.0959. The van der Waals surface area contributed by atoms with E-state index in [-0.39, 0.29) is 17.7 Å². The van der Waals surface area contributed by atoms with Crippen LogP contribution in [0.3, 0.4) is 0 Å². The van der Waals surface area contributed by atoms with Crippen LogP contribution in [0, 0.1) is 0 Å². The fourth-order valence-corrected chi connectivity index (χ4v) is 5.68. The molecule has 1 fully saturated rings. The third-order valence-electron chi connectivity index (χ3n) is 7.50. The quantitative estimate of drug-likeness (QED) is 0.408. The van der Waals surface area contributed by atoms with E-state index in [0.717, 1.165) is 37.6 Å². The van der Waals surface area contributed by atoms with E-state index in [2.05, 4.69) is 75.8 Å². The van der Waals surface area contributed by atoms with Gasteiger partial charge in [0.2, 0.25) is 5.95 Å². The molecule has 4 aromatic rings. The molecule has 0 radical (unpaired) electrons. The van der Waals surface area contributed by atoms with Crippen LogP contribution in [0.5, 0.6) is 0 Å². The van der Waals surface area contributed by atoms with Crippen LogP contribution < -0.4 is 10.2 Å². The molecule has 2 aromatic heterocycles. The third kappa shape index (κ3) is 4.62. The Morgan fingerprint density at radius 3 is 2.14 bits per heavy atom. The number of aromatic nitrogens is 2. The maximum Gasteiger partial charge on any atom is 0.227 e. The van der Waals surface area contributed by atoms with Crippen molar-refractivity contribution in [2.24, 2.45) is 0 Å². The Hall–Kier alpha value is -3.97. The number of Topliss-reactive ketones (excluding diaryl/α,β-unsaturated/α-hetero) is 1. The van der Waals surface area contributed by atoms with Gasteiger partial charge in [0.25, 0.3) is 0 Å². The van der Waals surface area contributed by atoms with Crippen molar-refractivity contribution >= 4 is 17.5 Å². The molecule has 0 bridgehead atoms. The van der Waals surface area contributed by atoms with Gasteiger partial charge in [-0.05, 0) is 23.3 Å². The SMILES string of the molecule is CNc1nc(N2CCN(C(c3ccccc3)c3ccccc3)CC2)nc2c1C(=O)C[C@@H](c1ccco1)C2. The standard InChI is InChI=1S/C30H31N5O2/c1-31-29-27-24(19-23(20-25(27)36)26-13-8-18-37-26)32-30(33-29)35-16-14-34(15-17-35)28(21-9-4-2-5-10-21)22-11-6-3-7-12-22/h2-13,18,23,28H,14-17,19-20H2,1H3,(H,31,32,33)/t23-/m0/s1. The molecule has 1 atom stereocenters. The van der Waals surface area contributed by atoms with Crippen LogP contribution in [0.1, 0.15) is 51.3 Å². The number of ketones is 1. The molecular weight excluding hydrogens is 462 g/mol. The Morgan fingerprint density at radius 1 is 0.865 bits per heavy atom. The normalized spacial score (nSPS) is 18.2. The maximum atomic E-state index is 13.1. The zero-order chi connectivity index (χ0) is 25.2. The number of furan rings is 1. The number of piperazine rings is 1. The fourth-order valence-electron chi connectivity index (χ4n) is 5.68. The average Bonchev–Trinajstić information content (AvgIpc) is 3.49. The molecule has 2 aliphatic rings. The molecule has 1 aliphatic heterocycles. The van der Waals surface area contributed by atoms with E-state index < -0.39 is 0 Å². The van der Waals surface area contributed by atoms with Gasteiger partial charge in [0, 0.05) is 52.0 Å². The lowest BCUT2D eigenvalue weighted by Crippen LogP contribution is -2.48. The minimum absolute atomic E-state index is 0.0109. The van der Waals surface area contributed by atoms with Crippen molar-refractivity contribution in [3.05, 3.63) is 107 Å². The van der Waals surface area contributed by atoms with E-state index in [4.69, 9.17) is 14.4 Å². The van der Waals surface area contributed by atoms with Gasteiger partial charge in [0.1, 0.15) is 11.6 Å². The number of nitrogens with zero attached hydrogens (tertiary/aromatic N) is 4. The van der Waals surface area contributed by atoms with Crippen molar-refractivity contribution in [1.29, 1.82) is 0 Å². The van der Waals surface area contributed by atoms with Crippen LogP contribution in [0.15, 0.2) is 83.5 Å². The summed E-state index contributed by atoms with van der Waals surface area (Å²) in [5.74, 6) is 2.23. The molecule has 7 heteroatoms. The van der Waals surface area contributed by atoms with Gasteiger partial charge in [-0.25, -0.2) is 4.98 Å². The van der Waals surface area contributed by atoms with E-state index in [1.165, 1.54) is 11.1 Å². The summed E-state index contributed by atoms with van der Waals surface area (Å²) in [5, 5.41) is 3.15. The van der Waals surface area contributed by atoms with Gasteiger partial charge in [-0.3, -0.25) is 9.69 Å². The summed E-state index contributed by atoms with van der Waals surface area (Å²) in [6.07, 6.45) is 2.75. The second-order valence-electron chi connectivity index (χ2n) is 9.73. The third-order valence-corrected chi connectivity index (χ3v) is 7.50. The zero-order valence-electron chi connectivity index (χ0n) is 21.0. The first-order chi connectivity index (χ1) is 18.2. The molecule has 1 saturated heterocycles. The van der Waals surface area contributed by atoms with Gasteiger partial charge in [0.05, 0.1) is 23.6 Å². The molecule has 0 spiro atoms. The van der Waals surface area contributed by atoms with E-state index in [1.807, 2.05) is 19.2 Å². The highest BCUT2D eigenvalue weighted by Crippen LogP contribution is 2.36. The van der Waals surface area contributed by atoms with E-state index in [1.54, 1.807) is 6.26 Å². The van der Waals surface area contributed by atoms with Gasteiger partial charge in [-0.2, -0.15) is 4.98 Å². The Morgan fingerprint density at radius 2 is 1.54 bits per heavy atom. The van der Waals surface area contributed by atoms with Crippen LogP contribution in [0.25, 0.3) is 0 Å². The second-order valence-corrected chi connectivity index (χ2v) is 9.73. The van der Waals surface area contributed by atoms with Gasteiger partial charge >= 0.3 is 0 Å². The predicted octanol–water partition coefficient (Wildman–Crippen LogP) is 4.94. The topological polar surface area (TPSA) is 74.5 Å². The summed E-state index contributed by atoms with van der Waals surface area (Å²) < 4.78 is 5.62. The highest BCUT2D eigenvalue weighted by Gasteiger charge is 2.34. The molecule has 1 aliphatic carbocycles. The van der Waals surface area contributed by atoms with E-state index in [0.29, 0.717) is 30.2 Å². The fraction of sp³-hybridized carbons (Fsp3) is 0.300. The highest BCUT2D eigenvalue weighted by molar-refractivity contribution is 6.03. The van der Waals surface area contributed by atoms with Crippen LogP contribution in [0.2, 0.25) is 0 Å². The van der Waals surface area contributed by atoms with Crippen molar-refractivity contribution in [3.8, 4) is 0 Å². The molecule has 1 N–H and O–H groups in total. The number of hydrogen-bond donors (Lipinski definition) is 1. The lowest BCUT2D eigenvalue weighted by atomic mass is 9.84. The molecule has 7 nitrogen and oxygen atoms in total. The molecule has 37 heavy (non-hydrogen) atoms. The van der Waals surface area contributed by atoms with Crippen molar-refractivity contribution in [2.45, 2.75) is 24.8 Å². The number of anilines is 2. The number of nitrogens with one attached hydrogen (secondary N) is 1. The Bertz CT molecular complexity index is 1310. The van der Waals surface area contributed by atoms with E-state index >= 15 is 0 Å². The summed E-state index contributed by atoms with van der Waals surface area (Å²) in [7, 11) is 1.82. The molecule has 6 rings (SSSR count). The maximum absolute atomic E-state index is 13.1. The highest BCUT2D eigenvalue weighted by atomic mass is 16.3. The monoisotopic (exact) mass is 493 g/mol. The van der Waals surface area contributed by atoms with Crippen LogP contribution in [0.4, 0.5) is 11.8 Å². The molecule has 3 heterocycles. The van der Waals surface area contributed by atoms with Crippen molar-refractivity contribution in [2.75, 3.05) is 43.4 Å². The van der Waals surface area contributed by atoms with Gasteiger partial charge in [-0.1, -0.05) is 60.7 Å². The second kappa shape index (κ2) is 10.2. The Labute approximate surface area is 217 Å². The number of rotatable bonds is 6. The van der Waals surface area contributed by atoms with Crippen LogP contribution in [-0.2, 0) is 6.42 Å². The molecule has 0 saturated carbocycles. The summed E-state index contributed by atoms with van der Waals surface area (Å²) in [6.45, 7) is 3.40. The Kier molecular flexibility index (Phi) is 6.45. The number of hydrogen-bond acceptors (Lipinski definition) is 7. The summed E-state index contributed by atoms with van der Waals surface area (Å²) in [4.78, 5) is 27.6. The van der Waals surface area contributed by atoms with Gasteiger partial charge < -0.3 is 14.6 Å². The predicted molar refractivity (Wildman–Crippen MR) is 144 cm³/mol. The summed E-state index contributed by atoms with van der Waals surface area (Å²) in [6, 6.07) is 25.4. The number of carbonyl (C=O) groups excluding carboxylic acids is 1. The molecular formula is C30H31N5O2. The summed E-state index contributed by atoms with van der Waals surface area (Å²) >= 11 is 0. The first-order valence-electron chi connectivity index (χ1n) is 13.0. The van der Waals surface area contributed by atoms with Crippen LogP contribution in [-0.4, -0.2) is 53.9 Å². The average molecular weight is 494 g/mol. The minimum Gasteiger partial charge on any atom is -0.469 e. The largest absolute Gasteiger partial charge is 0.469 e. The Balaban J connectivity index is 1.25. The molecule has 0 amide bonds. The first-order valence-corrected chi connectivity index (χ1v) is 13.0. The minimum atomic E-state index is 0.0109. The van der Waals surface area contributed by atoms with Crippen molar-refractivity contribution in [1.82, 2.24) is 14.9 Å². The van der Waals surface area contributed by atoms with Gasteiger partial charge in [-0.15, -0.1) is 0 Å². The number of carbonyl (C=O) groups is 1. The molecule has 2 aromatic carbocycles. The van der Waals surface area contributed by atoms with Crippen LogP contribution >= 0.6 is 0 Å². The zero-order valence-corrected chi connectivity index (χ0v) is 21.0. The first kappa shape index (κ1) is 23.4. The number of fused-ring (bicyclic) bond motifs is 1. The number of benzene rings is 2. The summed E-state index contributed by atoms with van der Waals surface area (Å²) in [5.41, 5.74) is 4.03. The van der Waals surface area contributed by atoms with Crippen molar-refractivity contribution < 1.29 is 9.21 Å². The molecule has 188 valence electrons. The molecule has 0 unspecified atom stereocenters. The van der Waals surface area contributed by atoms with Crippen molar-refractivity contribution in [3.63, 3.8) is 0 Å². The smallest absolute Gasteiger partial charge is 0.227 e. The van der Waals surface area contributed by atoms with E-state index in [9.17, 15) is 4.79 Å². The van der Waals surface area contributed by atoms with Gasteiger partial charge in [0.15, 0.2) is 5.78 Å². The lowest BCUT2D eigenvalue weighted by Gasteiger charge is -2.40.